The van der Waals surface area contributed by atoms with E-state index < -0.39 is 0 Å². The lowest BCUT2D eigenvalue weighted by atomic mass is 10.2. The molecule has 23 heavy (non-hydrogen) atoms. The number of anilines is 1. The highest BCUT2D eigenvalue weighted by Gasteiger charge is 2.08. The highest BCUT2D eigenvalue weighted by molar-refractivity contribution is 6.31. The fraction of sp³-hybridized carbons (Fsp3) is 0.312. The van der Waals surface area contributed by atoms with Crippen LogP contribution in [0.15, 0.2) is 36.7 Å². The van der Waals surface area contributed by atoms with Crippen LogP contribution >= 0.6 is 11.6 Å². The van der Waals surface area contributed by atoms with E-state index in [4.69, 9.17) is 11.6 Å². The van der Waals surface area contributed by atoms with Crippen molar-refractivity contribution in [3.8, 4) is 0 Å². The van der Waals surface area contributed by atoms with E-state index in [1.165, 1.54) is 6.33 Å². The molecule has 0 saturated carbocycles. The molecule has 1 heterocycles. The first-order valence-corrected chi connectivity index (χ1v) is 7.66. The number of aromatic nitrogens is 2. The lowest BCUT2D eigenvalue weighted by Gasteiger charge is -2.11. The van der Waals surface area contributed by atoms with Crippen LogP contribution in [-0.4, -0.2) is 48.0 Å². The second kappa shape index (κ2) is 8.45. The van der Waals surface area contributed by atoms with E-state index in [0.717, 1.165) is 12.1 Å². The number of likely N-dealkylation sites (N-methyl/N-ethyl adjacent to an activating group) is 1. The number of hydrogen-bond donors (Lipinski definition) is 2. The van der Waals surface area contributed by atoms with Crippen molar-refractivity contribution in [1.82, 2.24) is 20.2 Å². The smallest absolute Gasteiger partial charge is 0.270 e. The predicted octanol–water partition coefficient (Wildman–Crippen LogP) is 2.03. The predicted molar refractivity (Wildman–Crippen MR) is 91.7 cm³/mol. The lowest BCUT2D eigenvalue weighted by Crippen LogP contribution is -2.31. The van der Waals surface area contributed by atoms with E-state index in [2.05, 4.69) is 20.6 Å². The van der Waals surface area contributed by atoms with Crippen molar-refractivity contribution in [1.29, 1.82) is 0 Å². The van der Waals surface area contributed by atoms with Gasteiger partial charge in [-0.2, -0.15) is 0 Å². The van der Waals surface area contributed by atoms with Crippen molar-refractivity contribution >= 4 is 23.3 Å². The van der Waals surface area contributed by atoms with Gasteiger partial charge in [0.1, 0.15) is 17.8 Å². The molecule has 0 aliphatic rings. The third kappa shape index (κ3) is 5.50. The molecule has 0 fully saturated rings. The lowest BCUT2D eigenvalue weighted by molar-refractivity contribution is 0.0946. The van der Waals surface area contributed by atoms with Crippen molar-refractivity contribution in [2.75, 3.05) is 32.5 Å². The standard InChI is InChI=1S/C16H20ClN5O/c1-22(2)8-7-18-16(23)14-9-15(21-11-20-14)19-10-12-5-3-4-6-13(12)17/h3-6,9,11H,7-8,10H2,1-2H3,(H,18,23)(H,19,20,21). The van der Waals surface area contributed by atoms with Crippen LogP contribution in [-0.2, 0) is 6.54 Å². The molecule has 0 aliphatic heterocycles. The molecule has 1 aromatic carbocycles. The molecule has 0 unspecified atom stereocenters. The number of nitrogens with one attached hydrogen (secondary N) is 2. The Balaban J connectivity index is 1.94. The number of halogens is 1. The van der Waals surface area contributed by atoms with Crippen LogP contribution in [0.1, 0.15) is 16.1 Å². The Hall–Kier alpha value is -2.18. The number of hydrogen-bond acceptors (Lipinski definition) is 5. The molecule has 122 valence electrons. The van der Waals surface area contributed by atoms with Crippen LogP contribution in [0, 0.1) is 0 Å². The van der Waals surface area contributed by atoms with Crippen LogP contribution in [0.4, 0.5) is 5.82 Å². The minimum absolute atomic E-state index is 0.213. The number of amides is 1. The van der Waals surface area contributed by atoms with E-state index >= 15 is 0 Å². The first kappa shape index (κ1) is 17.2. The normalized spacial score (nSPS) is 10.6. The number of benzene rings is 1. The van der Waals surface area contributed by atoms with Gasteiger partial charge in [0.05, 0.1) is 0 Å². The Morgan fingerprint density at radius 1 is 1.26 bits per heavy atom. The van der Waals surface area contributed by atoms with Gasteiger partial charge in [-0.25, -0.2) is 9.97 Å². The zero-order chi connectivity index (χ0) is 16.7. The third-order valence-corrected chi connectivity index (χ3v) is 3.53. The van der Waals surface area contributed by atoms with E-state index in [9.17, 15) is 4.79 Å². The summed E-state index contributed by atoms with van der Waals surface area (Å²) in [4.78, 5) is 22.2. The van der Waals surface area contributed by atoms with Crippen molar-refractivity contribution in [2.45, 2.75) is 6.54 Å². The van der Waals surface area contributed by atoms with E-state index in [1.54, 1.807) is 6.07 Å². The van der Waals surface area contributed by atoms with Crippen molar-refractivity contribution in [2.24, 2.45) is 0 Å². The molecule has 0 radical (unpaired) electrons. The topological polar surface area (TPSA) is 70.2 Å². The minimum atomic E-state index is -0.213. The van der Waals surface area contributed by atoms with Gasteiger partial charge in [-0.15, -0.1) is 0 Å². The van der Waals surface area contributed by atoms with Gasteiger partial charge in [0.2, 0.25) is 0 Å². The van der Waals surface area contributed by atoms with Gasteiger partial charge in [0.15, 0.2) is 0 Å². The highest BCUT2D eigenvalue weighted by atomic mass is 35.5. The average molecular weight is 334 g/mol. The number of carbonyl (C=O) groups is 1. The molecule has 0 bridgehead atoms. The molecule has 2 aromatic rings. The van der Waals surface area contributed by atoms with Crippen LogP contribution in [0.5, 0.6) is 0 Å². The minimum Gasteiger partial charge on any atom is -0.366 e. The van der Waals surface area contributed by atoms with Crippen LogP contribution in [0.25, 0.3) is 0 Å². The van der Waals surface area contributed by atoms with E-state index in [0.29, 0.717) is 29.6 Å². The van der Waals surface area contributed by atoms with Crippen LogP contribution in [0.2, 0.25) is 5.02 Å². The Labute approximate surface area is 140 Å². The molecular formula is C16H20ClN5O. The monoisotopic (exact) mass is 333 g/mol. The van der Waals surface area contributed by atoms with Crippen molar-refractivity contribution < 1.29 is 4.79 Å². The second-order valence-electron chi connectivity index (χ2n) is 5.29. The molecule has 1 aromatic heterocycles. The first-order valence-electron chi connectivity index (χ1n) is 7.28. The Bertz CT molecular complexity index is 662. The molecular weight excluding hydrogens is 314 g/mol. The van der Waals surface area contributed by atoms with Gasteiger partial charge < -0.3 is 15.5 Å². The fourth-order valence-electron chi connectivity index (χ4n) is 1.89. The van der Waals surface area contributed by atoms with Gasteiger partial charge in [-0.05, 0) is 25.7 Å². The van der Waals surface area contributed by atoms with Gasteiger partial charge in [0.25, 0.3) is 5.91 Å². The summed E-state index contributed by atoms with van der Waals surface area (Å²) in [5, 5.41) is 6.66. The summed E-state index contributed by atoms with van der Waals surface area (Å²) >= 11 is 6.11. The molecule has 0 spiro atoms. The molecule has 6 nitrogen and oxygen atoms in total. The quantitative estimate of drug-likeness (QED) is 0.811. The average Bonchev–Trinajstić information content (AvgIpc) is 2.54. The van der Waals surface area contributed by atoms with E-state index in [1.807, 2.05) is 43.3 Å². The molecule has 0 saturated heterocycles. The SMILES string of the molecule is CN(C)CCNC(=O)c1cc(NCc2ccccc2Cl)ncn1. The Morgan fingerprint density at radius 3 is 2.78 bits per heavy atom. The maximum Gasteiger partial charge on any atom is 0.270 e. The summed E-state index contributed by atoms with van der Waals surface area (Å²) in [6.07, 6.45) is 1.37. The Morgan fingerprint density at radius 2 is 2.04 bits per heavy atom. The largest absolute Gasteiger partial charge is 0.366 e. The van der Waals surface area contributed by atoms with Crippen molar-refractivity contribution in [3.05, 3.63) is 52.9 Å². The number of carbonyl (C=O) groups excluding carboxylic acids is 1. The van der Waals surface area contributed by atoms with Gasteiger partial charge in [0, 0.05) is 30.7 Å². The van der Waals surface area contributed by atoms with Gasteiger partial charge in [-0.3, -0.25) is 4.79 Å². The second-order valence-corrected chi connectivity index (χ2v) is 5.70. The fourth-order valence-corrected chi connectivity index (χ4v) is 2.09. The van der Waals surface area contributed by atoms with E-state index in [-0.39, 0.29) is 5.91 Å². The Kier molecular flexibility index (Phi) is 6.31. The van der Waals surface area contributed by atoms with Gasteiger partial charge in [-0.1, -0.05) is 29.8 Å². The number of rotatable bonds is 7. The molecule has 2 rings (SSSR count). The summed E-state index contributed by atoms with van der Waals surface area (Å²) in [6.45, 7) is 1.87. The maximum atomic E-state index is 12.0. The molecule has 0 atom stereocenters. The number of nitrogens with zero attached hydrogens (tertiary/aromatic N) is 3. The maximum absolute atomic E-state index is 12.0. The van der Waals surface area contributed by atoms with Gasteiger partial charge >= 0.3 is 0 Å². The molecule has 0 aliphatic carbocycles. The highest BCUT2D eigenvalue weighted by Crippen LogP contribution is 2.16. The third-order valence-electron chi connectivity index (χ3n) is 3.16. The van der Waals surface area contributed by atoms with Crippen LogP contribution in [0.3, 0.4) is 0 Å². The first-order chi connectivity index (χ1) is 11.1. The molecule has 7 heteroatoms. The summed E-state index contributed by atoms with van der Waals surface area (Å²) in [5.74, 6) is 0.368. The molecule has 2 N–H and O–H groups in total. The molecule has 1 amide bonds. The van der Waals surface area contributed by atoms with Crippen LogP contribution < -0.4 is 10.6 Å². The summed E-state index contributed by atoms with van der Waals surface area (Å²) in [6, 6.07) is 9.20. The zero-order valence-electron chi connectivity index (χ0n) is 13.2. The summed E-state index contributed by atoms with van der Waals surface area (Å²) in [5.41, 5.74) is 1.30. The van der Waals surface area contributed by atoms with Crippen molar-refractivity contribution in [3.63, 3.8) is 0 Å². The zero-order valence-corrected chi connectivity index (χ0v) is 14.0. The summed E-state index contributed by atoms with van der Waals surface area (Å²) in [7, 11) is 3.90. The summed E-state index contributed by atoms with van der Waals surface area (Å²) < 4.78 is 0.